The van der Waals surface area contributed by atoms with Crippen molar-refractivity contribution in [1.82, 2.24) is 0 Å². The first-order valence-corrected chi connectivity index (χ1v) is 6.88. The molecule has 1 heteroatoms. The van der Waals surface area contributed by atoms with Crippen LogP contribution in [0.25, 0.3) is 0 Å². The van der Waals surface area contributed by atoms with Crippen LogP contribution in [0.2, 0.25) is 18.1 Å². The van der Waals surface area contributed by atoms with Gasteiger partial charge in [-0.05, 0) is 13.0 Å². The molecule has 0 saturated carbocycles. The van der Waals surface area contributed by atoms with E-state index in [1.807, 2.05) is 0 Å². The van der Waals surface area contributed by atoms with E-state index in [0.717, 1.165) is 0 Å². The molecular formula is C9H18Si. The normalized spacial score (nSPS) is 20.9. The van der Waals surface area contributed by atoms with E-state index in [1.54, 1.807) is 12.1 Å². The summed E-state index contributed by atoms with van der Waals surface area (Å²) in [7, 11) is -0.284. The Kier molecular flexibility index (Phi) is 3.20. The predicted molar refractivity (Wildman–Crippen MR) is 50.2 cm³/mol. The van der Waals surface area contributed by atoms with Crippen LogP contribution in [0, 0.1) is 0 Å². The Morgan fingerprint density at radius 2 is 1.90 bits per heavy atom. The van der Waals surface area contributed by atoms with E-state index in [2.05, 4.69) is 13.5 Å². The summed E-state index contributed by atoms with van der Waals surface area (Å²) in [5, 5.41) is 0. The van der Waals surface area contributed by atoms with Gasteiger partial charge < -0.3 is 0 Å². The molecule has 0 spiro atoms. The molecule has 0 aromatic heterocycles. The fourth-order valence-corrected chi connectivity index (χ4v) is 5.30. The first-order valence-electron chi connectivity index (χ1n) is 4.43. The summed E-state index contributed by atoms with van der Waals surface area (Å²) in [5.74, 6) is 0. The van der Waals surface area contributed by atoms with Crippen molar-refractivity contribution in [3.8, 4) is 0 Å². The lowest BCUT2D eigenvalue weighted by molar-refractivity contribution is 0.721. The zero-order valence-corrected chi connectivity index (χ0v) is 8.18. The third-order valence-electron chi connectivity index (χ3n) is 2.36. The van der Waals surface area contributed by atoms with Crippen LogP contribution in [0.4, 0.5) is 0 Å². The Morgan fingerprint density at radius 3 is 2.40 bits per heavy atom. The van der Waals surface area contributed by atoms with Gasteiger partial charge in [0.2, 0.25) is 0 Å². The van der Waals surface area contributed by atoms with Crippen molar-refractivity contribution in [2.45, 2.75) is 44.3 Å². The minimum Gasteiger partial charge on any atom is -0.100 e. The van der Waals surface area contributed by atoms with Crippen molar-refractivity contribution in [2.75, 3.05) is 0 Å². The van der Waals surface area contributed by atoms with Crippen LogP contribution < -0.4 is 0 Å². The summed E-state index contributed by atoms with van der Waals surface area (Å²) < 4.78 is 0. The maximum Gasteiger partial charge on any atom is 0.0409 e. The van der Waals surface area contributed by atoms with Gasteiger partial charge in [0.15, 0.2) is 0 Å². The Hall–Kier alpha value is -0.0431. The Balaban J connectivity index is 2.19. The molecule has 0 nitrogen and oxygen atoms in total. The second-order valence-corrected chi connectivity index (χ2v) is 6.96. The highest BCUT2D eigenvalue weighted by Gasteiger charge is 2.13. The van der Waals surface area contributed by atoms with E-state index in [9.17, 15) is 0 Å². The van der Waals surface area contributed by atoms with E-state index in [4.69, 9.17) is 0 Å². The average molecular weight is 154 g/mol. The number of hydrogen-bond donors (Lipinski definition) is 0. The topological polar surface area (TPSA) is 0 Å². The van der Waals surface area contributed by atoms with E-state index in [-0.39, 0.29) is 8.80 Å². The Bertz CT molecular complexity index is 112. The zero-order valence-electron chi connectivity index (χ0n) is 7.03. The van der Waals surface area contributed by atoms with Crippen LogP contribution in [-0.2, 0) is 0 Å². The van der Waals surface area contributed by atoms with Gasteiger partial charge >= 0.3 is 0 Å². The summed E-state index contributed by atoms with van der Waals surface area (Å²) >= 11 is 0. The van der Waals surface area contributed by atoms with Crippen molar-refractivity contribution >= 4 is 8.80 Å². The quantitative estimate of drug-likeness (QED) is 0.424. The van der Waals surface area contributed by atoms with Crippen LogP contribution >= 0.6 is 0 Å². The van der Waals surface area contributed by atoms with Gasteiger partial charge in [0.1, 0.15) is 0 Å². The highest BCUT2D eigenvalue weighted by molar-refractivity contribution is 6.59. The molecule has 1 heterocycles. The molecule has 1 saturated heterocycles. The van der Waals surface area contributed by atoms with Gasteiger partial charge in [0, 0.05) is 8.80 Å². The summed E-state index contributed by atoms with van der Waals surface area (Å²) in [6.45, 7) is 6.17. The third-order valence-corrected chi connectivity index (χ3v) is 6.09. The monoisotopic (exact) mass is 154 g/mol. The van der Waals surface area contributed by atoms with E-state index < -0.39 is 0 Å². The van der Waals surface area contributed by atoms with E-state index in [1.165, 1.54) is 30.9 Å². The van der Waals surface area contributed by atoms with Gasteiger partial charge in [-0.15, -0.1) is 6.58 Å². The molecule has 0 aliphatic carbocycles. The van der Waals surface area contributed by atoms with Crippen LogP contribution in [0.15, 0.2) is 12.2 Å². The standard InChI is InChI=1S/C9H18Si/c1-9(2)8-10-6-4-3-5-7-10/h10H,1,3-8H2,2H3. The fraction of sp³-hybridized carbons (Fsp3) is 0.778. The molecule has 58 valence electrons. The van der Waals surface area contributed by atoms with Gasteiger partial charge in [-0.25, -0.2) is 0 Å². The SMILES string of the molecule is C=C(C)C[SiH]1CCCCC1. The van der Waals surface area contributed by atoms with Crippen molar-refractivity contribution in [3.05, 3.63) is 12.2 Å². The van der Waals surface area contributed by atoms with Crippen molar-refractivity contribution in [3.63, 3.8) is 0 Å². The lowest BCUT2D eigenvalue weighted by atomic mass is 10.3. The van der Waals surface area contributed by atoms with Gasteiger partial charge in [-0.1, -0.05) is 36.9 Å². The minimum absolute atomic E-state index is 0.284. The van der Waals surface area contributed by atoms with Crippen molar-refractivity contribution in [1.29, 1.82) is 0 Å². The van der Waals surface area contributed by atoms with Crippen LogP contribution in [0.5, 0.6) is 0 Å². The van der Waals surface area contributed by atoms with Crippen LogP contribution in [0.3, 0.4) is 0 Å². The molecule has 0 aromatic carbocycles. The molecular weight excluding hydrogens is 136 g/mol. The summed E-state index contributed by atoms with van der Waals surface area (Å²) in [4.78, 5) is 0. The highest BCUT2D eigenvalue weighted by Crippen LogP contribution is 2.23. The van der Waals surface area contributed by atoms with Crippen molar-refractivity contribution < 1.29 is 0 Å². The van der Waals surface area contributed by atoms with Crippen LogP contribution in [0.1, 0.15) is 26.2 Å². The second-order valence-electron chi connectivity index (χ2n) is 3.67. The predicted octanol–water partition coefficient (Wildman–Crippen LogP) is 2.97. The lowest BCUT2D eigenvalue weighted by Crippen LogP contribution is -2.15. The highest BCUT2D eigenvalue weighted by atomic mass is 28.3. The van der Waals surface area contributed by atoms with Crippen LogP contribution in [-0.4, -0.2) is 8.80 Å². The summed E-state index contributed by atoms with van der Waals surface area (Å²) in [5.41, 5.74) is 1.43. The molecule has 0 radical (unpaired) electrons. The molecule has 1 aliphatic rings. The van der Waals surface area contributed by atoms with E-state index >= 15 is 0 Å². The van der Waals surface area contributed by atoms with Gasteiger partial charge in [0.25, 0.3) is 0 Å². The minimum atomic E-state index is -0.284. The van der Waals surface area contributed by atoms with E-state index in [0.29, 0.717) is 0 Å². The number of hydrogen-bond acceptors (Lipinski definition) is 0. The Morgan fingerprint density at radius 1 is 1.30 bits per heavy atom. The molecule has 1 rings (SSSR count). The molecule has 0 unspecified atom stereocenters. The third kappa shape index (κ3) is 2.69. The number of rotatable bonds is 2. The maximum absolute atomic E-state index is 3.98. The molecule has 10 heavy (non-hydrogen) atoms. The molecule has 0 N–H and O–H groups in total. The Labute approximate surface area is 65.9 Å². The first kappa shape index (κ1) is 8.06. The maximum atomic E-state index is 3.98. The summed E-state index contributed by atoms with van der Waals surface area (Å²) in [6, 6.07) is 4.60. The molecule has 0 aromatic rings. The second kappa shape index (κ2) is 3.97. The largest absolute Gasteiger partial charge is 0.100 e. The van der Waals surface area contributed by atoms with Gasteiger partial charge in [-0.3, -0.25) is 0 Å². The average Bonchev–Trinajstić information content (AvgIpc) is 1.88. The molecule has 1 aliphatic heterocycles. The van der Waals surface area contributed by atoms with Crippen molar-refractivity contribution in [2.24, 2.45) is 0 Å². The molecule has 0 atom stereocenters. The smallest absolute Gasteiger partial charge is 0.0409 e. The van der Waals surface area contributed by atoms with Gasteiger partial charge in [0.05, 0.1) is 0 Å². The van der Waals surface area contributed by atoms with Gasteiger partial charge in [-0.2, -0.15) is 0 Å². The molecule has 1 fully saturated rings. The zero-order chi connectivity index (χ0) is 7.40. The molecule has 0 amide bonds. The lowest BCUT2D eigenvalue weighted by Gasteiger charge is -2.19. The fourth-order valence-electron chi connectivity index (χ4n) is 1.88. The number of allylic oxidation sites excluding steroid dienone is 1. The molecule has 0 bridgehead atoms. The summed E-state index contributed by atoms with van der Waals surface area (Å²) in [6.07, 6.45) is 4.54. The first-order chi connectivity index (χ1) is 4.79.